The van der Waals surface area contributed by atoms with E-state index in [1.54, 1.807) is 12.1 Å². The summed E-state index contributed by atoms with van der Waals surface area (Å²) in [7, 11) is 0. The average molecular weight is 500 g/mol. The molecule has 8 nitrogen and oxygen atoms in total. The molecule has 0 amide bonds. The van der Waals surface area contributed by atoms with Crippen molar-refractivity contribution in [1.82, 2.24) is 9.78 Å². The number of aromatic nitrogens is 3. The maximum absolute atomic E-state index is 12.4. The number of nitro groups is 1. The van der Waals surface area contributed by atoms with E-state index in [-0.39, 0.29) is 52.3 Å². The van der Waals surface area contributed by atoms with Gasteiger partial charge in [-0.25, -0.2) is 4.57 Å². The first kappa shape index (κ1) is 22.7. The number of hydrogen-bond acceptors (Lipinski definition) is 5. The number of nitrogens with zero attached hydrogens (tertiary/aromatic N) is 4. The second kappa shape index (κ2) is 9.73. The predicted octanol–water partition coefficient (Wildman–Crippen LogP) is 0.155. The van der Waals surface area contributed by atoms with Crippen molar-refractivity contribution >= 4 is 40.5 Å². The van der Waals surface area contributed by atoms with Crippen LogP contribution in [0, 0.1) is 10.1 Å². The fourth-order valence-corrected chi connectivity index (χ4v) is 3.01. The van der Waals surface area contributed by atoms with E-state index < -0.39 is 4.92 Å². The molecule has 0 aliphatic heterocycles. The van der Waals surface area contributed by atoms with Crippen LogP contribution in [0.2, 0.25) is 10.0 Å². The Bertz CT molecular complexity index is 1070. The Morgan fingerprint density at radius 2 is 1.79 bits per heavy atom. The summed E-state index contributed by atoms with van der Waals surface area (Å²) in [6.07, 6.45) is 2.94. The molecule has 0 atom stereocenters. The minimum absolute atomic E-state index is 0. The Morgan fingerprint density at radius 1 is 1.10 bits per heavy atom. The molecule has 1 heterocycles. The molecule has 0 bridgehead atoms. The number of Topliss-reactive ketones (excluding diaryl/α,β-unsaturated/α-hetero) is 2. The van der Waals surface area contributed by atoms with Crippen molar-refractivity contribution in [3.63, 3.8) is 0 Å². The second-order valence-electron chi connectivity index (χ2n) is 5.89. The zero-order chi connectivity index (χ0) is 20.3. The Labute approximate surface area is 185 Å². The first-order valence-electron chi connectivity index (χ1n) is 8.01. The lowest BCUT2D eigenvalue weighted by Gasteiger charge is -2.01. The van der Waals surface area contributed by atoms with Crippen molar-refractivity contribution < 1.29 is 36.1 Å². The molecule has 0 spiro atoms. The van der Waals surface area contributed by atoms with Crippen molar-refractivity contribution in [2.75, 3.05) is 0 Å². The number of carbonyl (C=O) groups excluding carboxylic acids is 2. The molecule has 0 aliphatic rings. The summed E-state index contributed by atoms with van der Waals surface area (Å²) in [6, 6.07) is 9.96. The van der Waals surface area contributed by atoms with Gasteiger partial charge >= 0.3 is 0 Å². The van der Waals surface area contributed by atoms with Gasteiger partial charge < -0.3 is 17.0 Å². The number of hydrogen-bond donors (Lipinski definition) is 0. The SMILES string of the molecule is O=C(C[n+]1cnn(CC(=O)c2ccc(Cl)cc2Cl)c1)c1ccc([N+](=O)[O-])cc1.[Br-]. The van der Waals surface area contributed by atoms with E-state index in [0.29, 0.717) is 16.1 Å². The summed E-state index contributed by atoms with van der Waals surface area (Å²) in [5, 5.41) is 15.4. The Balaban J connectivity index is 0.00000300. The highest BCUT2D eigenvalue weighted by atomic mass is 79.9. The van der Waals surface area contributed by atoms with Crippen LogP contribution in [-0.2, 0) is 13.1 Å². The van der Waals surface area contributed by atoms with Crippen molar-refractivity contribution in [2.45, 2.75) is 13.1 Å². The second-order valence-corrected chi connectivity index (χ2v) is 6.73. The quantitative estimate of drug-likeness (QED) is 0.199. The molecule has 0 fully saturated rings. The van der Waals surface area contributed by atoms with Gasteiger partial charge in [-0.2, -0.15) is 0 Å². The van der Waals surface area contributed by atoms with Crippen LogP contribution in [0.4, 0.5) is 5.69 Å². The smallest absolute Gasteiger partial charge is 0.269 e. The molecule has 0 N–H and O–H groups in total. The van der Waals surface area contributed by atoms with E-state index in [2.05, 4.69) is 5.10 Å². The molecule has 3 rings (SSSR count). The Kier molecular flexibility index (Phi) is 7.60. The fourth-order valence-electron chi connectivity index (χ4n) is 2.50. The lowest BCUT2D eigenvalue weighted by atomic mass is 10.1. The van der Waals surface area contributed by atoms with Crippen LogP contribution in [0.3, 0.4) is 0 Å². The van der Waals surface area contributed by atoms with Gasteiger partial charge in [0.1, 0.15) is 6.54 Å². The highest BCUT2D eigenvalue weighted by Crippen LogP contribution is 2.21. The van der Waals surface area contributed by atoms with E-state index in [1.807, 2.05) is 0 Å². The van der Waals surface area contributed by atoms with Crippen LogP contribution in [-0.4, -0.2) is 26.3 Å². The van der Waals surface area contributed by atoms with Gasteiger partial charge in [-0.15, -0.1) is 4.68 Å². The number of carbonyl (C=O) groups is 2. The first-order valence-corrected chi connectivity index (χ1v) is 8.76. The summed E-state index contributed by atoms with van der Waals surface area (Å²) < 4.78 is 2.90. The van der Waals surface area contributed by atoms with Gasteiger partial charge in [-0.3, -0.25) is 19.7 Å². The van der Waals surface area contributed by atoms with E-state index >= 15 is 0 Å². The molecule has 1 aromatic heterocycles. The zero-order valence-electron chi connectivity index (χ0n) is 14.7. The molecular weight excluding hydrogens is 487 g/mol. The van der Waals surface area contributed by atoms with Crippen molar-refractivity contribution in [2.24, 2.45) is 0 Å². The third kappa shape index (κ3) is 5.69. The molecular formula is C18H13BrCl2N4O4. The number of ketones is 2. The highest BCUT2D eigenvalue weighted by molar-refractivity contribution is 6.36. The van der Waals surface area contributed by atoms with Gasteiger partial charge in [-0.05, 0) is 30.3 Å². The lowest BCUT2D eigenvalue weighted by molar-refractivity contribution is -0.683. The Hall–Kier alpha value is -2.62. The molecule has 0 unspecified atom stereocenters. The van der Waals surface area contributed by atoms with Crippen molar-refractivity contribution in [3.05, 3.63) is 86.4 Å². The van der Waals surface area contributed by atoms with Crippen LogP contribution < -0.4 is 21.5 Å². The summed E-state index contributed by atoms with van der Waals surface area (Å²) in [4.78, 5) is 34.8. The lowest BCUT2D eigenvalue weighted by Crippen LogP contribution is -3.00. The topological polar surface area (TPSA) is 99.0 Å². The predicted molar refractivity (Wildman–Crippen MR) is 101 cm³/mol. The molecule has 0 radical (unpaired) electrons. The van der Waals surface area contributed by atoms with E-state index in [1.165, 1.54) is 52.2 Å². The number of rotatable bonds is 7. The first-order chi connectivity index (χ1) is 13.3. The minimum atomic E-state index is -0.531. The van der Waals surface area contributed by atoms with Gasteiger partial charge in [0.2, 0.25) is 12.1 Å². The largest absolute Gasteiger partial charge is 1.00 e. The van der Waals surface area contributed by atoms with E-state index in [0.717, 1.165) is 0 Å². The average Bonchev–Trinajstić information content (AvgIpc) is 3.08. The van der Waals surface area contributed by atoms with Gasteiger partial charge in [0.15, 0.2) is 12.3 Å². The molecule has 29 heavy (non-hydrogen) atoms. The van der Waals surface area contributed by atoms with Crippen LogP contribution in [0.1, 0.15) is 20.7 Å². The molecule has 0 aliphatic carbocycles. The normalized spacial score (nSPS) is 10.3. The molecule has 0 saturated carbocycles. The maximum Gasteiger partial charge on any atom is 0.269 e. The molecule has 0 saturated heterocycles. The fraction of sp³-hybridized carbons (Fsp3) is 0.111. The highest BCUT2D eigenvalue weighted by Gasteiger charge is 2.18. The molecule has 3 aromatic rings. The maximum atomic E-state index is 12.4. The molecule has 2 aromatic carbocycles. The van der Waals surface area contributed by atoms with Crippen LogP contribution in [0.25, 0.3) is 0 Å². The third-order valence-electron chi connectivity index (χ3n) is 3.89. The van der Waals surface area contributed by atoms with Crippen LogP contribution >= 0.6 is 23.2 Å². The summed E-state index contributed by atoms with van der Waals surface area (Å²) in [6.45, 7) is -0.0756. The summed E-state index contributed by atoms with van der Waals surface area (Å²) in [5.41, 5.74) is 0.585. The number of nitro benzene ring substituents is 1. The van der Waals surface area contributed by atoms with Gasteiger partial charge in [0.25, 0.3) is 12.0 Å². The van der Waals surface area contributed by atoms with Crippen LogP contribution in [0.5, 0.6) is 0 Å². The molecule has 150 valence electrons. The van der Waals surface area contributed by atoms with Gasteiger partial charge in [0, 0.05) is 33.4 Å². The van der Waals surface area contributed by atoms with Crippen molar-refractivity contribution in [3.8, 4) is 0 Å². The third-order valence-corrected chi connectivity index (χ3v) is 4.44. The monoisotopic (exact) mass is 498 g/mol. The summed E-state index contributed by atoms with van der Waals surface area (Å²) >= 11 is 11.9. The van der Waals surface area contributed by atoms with E-state index in [9.17, 15) is 19.7 Å². The summed E-state index contributed by atoms with van der Waals surface area (Å²) in [5.74, 6) is -0.495. The van der Waals surface area contributed by atoms with Crippen LogP contribution in [0.15, 0.2) is 55.1 Å². The number of non-ortho nitro benzene ring substituents is 1. The standard InChI is InChI=1S/C18H13Cl2N4O4.BrH/c19-13-3-6-15(16(20)7-13)18(26)9-23-11-22(10-21-23)8-17(25)12-1-4-14(5-2-12)24(27)28;/h1-7,10-11H,8-9H2;1H/q+1;/p-1. The number of halogens is 3. The number of benzene rings is 2. The van der Waals surface area contributed by atoms with E-state index in [4.69, 9.17) is 23.2 Å². The Morgan fingerprint density at radius 3 is 2.41 bits per heavy atom. The zero-order valence-corrected chi connectivity index (χ0v) is 17.8. The minimum Gasteiger partial charge on any atom is -1.00 e. The molecule has 11 heteroatoms. The van der Waals surface area contributed by atoms with Crippen molar-refractivity contribution in [1.29, 1.82) is 0 Å². The van der Waals surface area contributed by atoms with Gasteiger partial charge in [0.05, 0.1) is 9.95 Å². The van der Waals surface area contributed by atoms with Gasteiger partial charge in [-0.1, -0.05) is 23.2 Å².